The number of anilines is 3. The van der Waals surface area contributed by atoms with Crippen LogP contribution < -0.4 is 19.3 Å². The number of nitrogens with zero attached hydrogens (tertiary/aromatic N) is 3. The molecule has 4 rings (SSSR count). The highest BCUT2D eigenvalue weighted by Gasteiger charge is 2.35. The fraction of sp³-hybridized carbons (Fsp3) is 0.296. The Labute approximate surface area is 212 Å². The molecule has 0 spiro atoms. The normalized spacial score (nSPS) is 13.1. The van der Waals surface area contributed by atoms with Crippen LogP contribution in [0.4, 0.5) is 30.4 Å². The number of fused-ring (bicyclic) bond motifs is 2. The molecule has 0 aliphatic carbocycles. The number of alkyl halides is 3. The maximum absolute atomic E-state index is 13.8. The number of hydrogen-bond donors (Lipinski definition) is 0. The Morgan fingerprint density at radius 3 is 2.41 bits per heavy atom. The average molecular weight is 514 g/mol. The van der Waals surface area contributed by atoms with Crippen molar-refractivity contribution in [3.8, 4) is 11.5 Å². The summed E-state index contributed by atoms with van der Waals surface area (Å²) in [5, 5.41) is 0. The van der Waals surface area contributed by atoms with Gasteiger partial charge in [0, 0.05) is 18.7 Å². The molecule has 0 fully saturated rings. The molecule has 2 amide bonds. The molecule has 10 heteroatoms. The monoisotopic (exact) mass is 513 g/mol. The molecule has 194 valence electrons. The van der Waals surface area contributed by atoms with E-state index >= 15 is 0 Å². The predicted molar refractivity (Wildman–Crippen MR) is 132 cm³/mol. The number of methoxy groups -OCH3 is 1. The number of ether oxygens (including phenoxy) is 2. The number of benzene rings is 2. The number of aromatic nitrogens is 1. The Morgan fingerprint density at radius 2 is 1.73 bits per heavy atom. The molecule has 1 aromatic heterocycles. The van der Waals surface area contributed by atoms with E-state index in [1.54, 1.807) is 36.5 Å². The third kappa shape index (κ3) is 5.84. The highest BCUT2D eigenvalue weighted by Crippen LogP contribution is 2.42. The largest absolute Gasteiger partial charge is 0.573 e. The second kappa shape index (κ2) is 10.9. The fourth-order valence-electron chi connectivity index (χ4n) is 4.17. The zero-order valence-electron chi connectivity index (χ0n) is 20.4. The van der Waals surface area contributed by atoms with E-state index in [0.717, 1.165) is 12.8 Å². The summed E-state index contributed by atoms with van der Waals surface area (Å²) in [6.07, 6.45) is -0.454. The Kier molecular flexibility index (Phi) is 7.66. The van der Waals surface area contributed by atoms with Crippen LogP contribution in [0.15, 0.2) is 60.8 Å². The Hall–Kier alpha value is -4.08. The number of hydrogen-bond acceptors (Lipinski definition) is 5. The predicted octanol–water partition coefficient (Wildman–Crippen LogP) is 6.39. The number of unbranched alkanes of at least 4 members (excludes halogenated alkanes) is 2. The smallest absolute Gasteiger partial charge is 0.497 e. The van der Waals surface area contributed by atoms with E-state index in [1.165, 1.54) is 41.2 Å². The van der Waals surface area contributed by atoms with Crippen LogP contribution in [0, 0.1) is 0 Å². The molecule has 0 atom stereocenters. The molecular formula is C27H26F3N3O4. The Bertz CT molecular complexity index is 1280. The van der Waals surface area contributed by atoms with Crippen molar-refractivity contribution < 1.29 is 32.2 Å². The van der Waals surface area contributed by atoms with Crippen molar-refractivity contribution >= 4 is 29.0 Å². The zero-order chi connectivity index (χ0) is 26.6. The van der Waals surface area contributed by atoms with Crippen LogP contribution in [0.5, 0.6) is 11.5 Å². The van der Waals surface area contributed by atoms with Gasteiger partial charge in [-0.25, -0.2) is 4.98 Å². The number of rotatable bonds is 8. The second-order valence-corrected chi connectivity index (χ2v) is 8.50. The molecular weight excluding hydrogens is 487 g/mol. The summed E-state index contributed by atoms with van der Waals surface area (Å²) in [7, 11) is 1.50. The Morgan fingerprint density at radius 1 is 1.00 bits per heavy atom. The first-order valence-corrected chi connectivity index (χ1v) is 11.8. The quantitative estimate of drug-likeness (QED) is 0.326. The van der Waals surface area contributed by atoms with Crippen LogP contribution in [-0.4, -0.2) is 30.3 Å². The topological polar surface area (TPSA) is 72.0 Å². The van der Waals surface area contributed by atoms with Crippen molar-refractivity contribution in [3.05, 3.63) is 71.9 Å². The van der Waals surface area contributed by atoms with Gasteiger partial charge >= 0.3 is 6.36 Å². The van der Waals surface area contributed by atoms with Gasteiger partial charge in [0.1, 0.15) is 11.5 Å². The van der Waals surface area contributed by atoms with Crippen molar-refractivity contribution in [2.45, 2.75) is 45.5 Å². The second-order valence-electron chi connectivity index (χ2n) is 8.50. The minimum Gasteiger partial charge on any atom is -0.497 e. The lowest BCUT2D eigenvalue weighted by Gasteiger charge is -2.25. The maximum Gasteiger partial charge on any atom is 0.573 e. The summed E-state index contributed by atoms with van der Waals surface area (Å²) < 4.78 is 47.0. The minimum atomic E-state index is -4.80. The van der Waals surface area contributed by atoms with Gasteiger partial charge in [-0.3, -0.25) is 14.5 Å². The number of amides is 2. The molecule has 0 bridgehead atoms. The lowest BCUT2D eigenvalue weighted by molar-refractivity contribution is -0.274. The molecule has 0 radical (unpaired) electrons. The zero-order valence-corrected chi connectivity index (χ0v) is 20.4. The minimum absolute atomic E-state index is 0.0349. The van der Waals surface area contributed by atoms with Crippen molar-refractivity contribution in [2.75, 3.05) is 16.9 Å². The van der Waals surface area contributed by atoms with E-state index in [9.17, 15) is 22.8 Å². The van der Waals surface area contributed by atoms with Crippen LogP contribution in [0.1, 0.15) is 48.5 Å². The van der Waals surface area contributed by atoms with Gasteiger partial charge in [0.15, 0.2) is 5.82 Å². The van der Waals surface area contributed by atoms with E-state index in [-0.39, 0.29) is 36.1 Å². The van der Waals surface area contributed by atoms with Crippen LogP contribution in [-0.2, 0) is 11.3 Å². The summed E-state index contributed by atoms with van der Waals surface area (Å²) in [4.78, 5) is 34.7. The van der Waals surface area contributed by atoms with E-state index in [4.69, 9.17) is 4.74 Å². The van der Waals surface area contributed by atoms with E-state index < -0.39 is 6.36 Å². The lowest BCUT2D eigenvalue weighted by atomic mass is 10.1. The average Bonchev–Trinajstić information content (AvgIpc) is 2.97. The van der Waals surface area contributed by atoms with Crippen LogP contribution in [0.25, 0.3) is 0 Å². The van der Waals surface area contributed by atoms with Crippen LogP contribution in [0.3, 0.4) is 0 Å². The summed E-state index contributed by atoms with van der Waals surface area (Å²) in [6, 6.07) is 13.5. The van der Waals surface area contributed by atoms with E-state index in [1.807, 2.05) is 6.92 Å². The van der Waals surface area contributed by atoms with Gasteiger partial charge in [0.2, 0.25) is 5.91 Å². The van der Waals surface area contributed by atoms with E-state index in [2.05, 4.69) is 9.72 Å². The fourth-order valence-corrected chi connectivity index (χ4v) is 4.17. The summed E-state index contributed by atoms with van der Waals surface area (Å²) >= 11 is 0. The van der Waals surface area contributed by atoms with Crippen molar-refractivity contribution in [1.29, 1.82) is 0 Å². The molecule has 3 aromatic rings. The van der Waals surface area contributed by atoms with Gasteiger partial charge in [0.05, 0.1) is 30.6 Å². The first kappa shape index (κ1) is 26.0. The van der Waals surface area contributed by atoms with Crippen molar-refractivity contribution in [2.24, 2.45) is 0 Å². The number of carbonyl (C=O) groups is 2. The molecule has 0 unspecified atom stereocenters. The molecule has 0 N–H and O–H groups in total. The highest BCUT2D eigenvalue weighted by molar-refractivity contribution is 6.18. The number of halogens is 3. The van der Waals surface area contributed by atoms with Crippen LogP contribution >= 0.6 is 0 Å². The third-order valence-corrected chi connectivity index (χ3v) is 5.93. The Balaban J connectivity index is 1.77. The molecule has 1 aliphatic rings. The van der Waals surface area contributed by atoms with Crippen molar-refractivity contribution in [1.82, 2.24) is 4.98 Å². The molecule has 7 nitrogen and oxygen atoms in total. The highest BCUT2D eigenvalue weighted by atomic mass is 19.4. The van der Waals surface area contributed by atoms with Crippen molar-refractivity contribution in [3.63, 3.8) is 0 Å². The van der Waals surface area contributed by atoms with E-state index in [0.29, 0.717) is 34.9 Å². The summed E-state index contributed by atoms with van der Waals surface area (Å²) in [6.45, 7) is 2.08. The molecule has 0 saturated heterocycles. The number of pyridine rings is 1. The van der Waals surface area contributed by atoms with Gasteiger partial charge < -0.3 is 14.4 Å². The molecule has 0 saturated carbocycles. The summed E-state index contributed by atoms with van der Waals surface area (Å²) in [5.41, 5.74) is 1.61. The SMILES string of the molecule is CCCCCC(=O)N1c2cc(OC)ccc2C(=O)N(Cc2ccc(OC(F)(F)F)cc2)c2cccnc21. The van der Waals surface area contributed by atoms with Crippen LogP contribution in [0.2, 0.25) is 0 Å². The van der Waals surface area contributed by atoms with Gasteiger partial charge in [-0.05, 0) is 48.4 Å². The number of carbonyl (C=O) groups excluding carboxylic acids is 2. The first-order chi connectivity index (χ1) is 17.7. The third-order valence-electron chi connectivity index (χ3n) is 5.93. The maximum atomic E-state index is 13.8. The molecule has 2 heterocycles. The summed E-state index contributed by atoms with van der Waals surface area (Å²) in [5.74, 6) is -0.176. The molecule has 37 heavy (non-hydrogen) atoms. The standard InChI is InChI=1S/C27H26F3N3O4/c1-3-4-5-8-24(34)33-23-16-20(36-2)13-14-21(23)26(35)32(22-7-6-15-31-25(22)33)17-18-9-11-19(12-10-18)37-27(28,29)30/h6-7,9-16H,3-5,8,17H2,1-2H3. The lowest BCUT2D eigenvalue weighted by Crippen LogP contribution is -2.30. The van der Waals surface area contributed by atoms with Gasteiger partial charge in [-0.2, -0.15) is 0 Å². The van der Waals surface area contributed by atoms with Gasteiger partial charge in [-0.1, -0.05) is 31.9 Å². The van der Waals surface area contributed by atoms with Gasteiger partial charge in [0.25, 0.3) is 5.91 Å². The molecule has 2 aromatic carbocycles. The molecule has 1 aliphatic heterocycles. The van der Waals surface area contributed by atoms with Gasteiger partial charge in [-0.15, -0.1) is 13.2 Å². The first-order valence-electron chi connectivity index (χ1n) is 11.8.